The van der Waals surface area contributed by atoms with E-state index in [0.29, 0.717) is 52.3 Å². The number of ether oxygens (including phenoxy) is 3. The molecule has 1 aromatic heterocycles. The van der Waals surface area contributed by atoms with Gasteiger partial charge in [0.25, 0.3) is 0 Å². The number of benzene rings is 6. The number of carboxylic acids is 1. The normalized spacial score (nSPS) is 22.0. The number of ketones is 2. The van der Waals surface area contributed by atoms with Gasteiger partial charge in [-0.3, -0.25) is 43.2 Å². The largest absolute Gasteiger partial charge is 0.494 e. The molecule has 29 heteroatoms. The van der Waals surface area contributed by atoms with E-state index in [1.807, 2.05) is 106 Å². The van der Waals surface area contributed by atoms with E-state index in [-0.39, 0.29) is 71.4 Å². The topological polar surface area (TPSA) is 374 Å². The first-order chi connectivity index (χ1) is 53.6. The fraction of sp³-hybridized carbons (Fsp3) is 0.476. The van der Waals surface area contributed by atoms with Crippen molar-refractivity contribution in [1.82, 2.24) is 62.0 Å². The third kappa shape index (κ3) is 22.9. The van der Waals surface area contributed by atoms with Crippen LogP contribution in [0.15, 0.2) is 140 Å². The van der Waals surface area contributed by atoms with Gasteiger partial charge in [0.05, 0.1) is 49.1 Å². The van der Waals surface area contributed by atoms with Crippen LogP contribution in [0, 0.1) is 16.7 Å². The summed E-state index contributed by atoms with van der Waals surface area (Å²) < 4.78 is 46.0. The Hall–Kier alpha value is -10.5. The molecule has 12 atom stereocenters. The van der Waals surface area contributed by atoms with E-state index < -0.39 is 164 Å². The average Bonchev–Trinajstić information content (AvgIpc) is 1.66. The second-order valence-corrected chi connectivity index (χ2v) is 34.3. The maximum absolute atomic E-state index is 15.4. The standard InChI is InChI=1S/C84H106N12O16S/c1-50(85-9)75(99)90-73(83(3,4)5)80(104)94-46-62-43-70(94)79(103)88-67(41-55-23-29-57-19-13-15-21-59(57)37-55)78(102)87-66(72(98)49-113(11,108)109)39-52-24-30-63(31-25-52)110-34-16-17-35-111-65-44-69(95(47-65)81(105)74(84(6,7)8)91-76(100)51(2)86-10)71(97)42-60(38-54-22-28-56-18-12-14-20-58(56)36-54)77(101)89-68(82(106)107)40-53-26-32-64(33-27-53)112-48-61-45-96(62)93-92-61/h12-15,18-33,36-37,45,50-51,60,62,65-70,73-74,85-86H,16-17,34-35,38-44,46-49H2,1-11H3,(H,87,102)(H,88,103)(H,89,101)(H,90,99)(H,91,100)(H,106,107)/t50-,51-,60+,62-,65-,66-,67-,68-,69-,70-,73+,74+/m0/s1. The van der Waals surface area contributed by atoms with Gasteiger partial charge in [-0.2, -0.15) is 0 Å². The molecular weight excluding hydrogens is 1470 g/mol. The van der Waals surface area contributed by atoms with Crippen molar-refractivity contribution in [2.75, 3.05) is 52.4 Å². The Morgan fingerprint density at radius 2 is 1.11 bits per heavy atom. The summed E-state index contributed by atoms with van der Waals surface area (Å²) >= 11 is 0. The van der Waals surface area contributed by atoms with E-state index in [1.54, 1.807) is 103 Å². The zero-order valence-corrected chi connectivity index (χ0v) is 66.8. The number of carboxylic acid groups (broad SMARTS) is 1. The lowest BCUT2D eigenvalue weighted by atomic mass is 9.85. The lowest BCUT2D eigenvalue weighted by Crippen LogP contribution is -2.61. The molecule has 0 aliphatic carbocycles. The van der Waals surface area contributed by atoms with Crippen LogP contribution in [0.3, 0.4) is 0 Å². The Labute approximate surface area is 659 Å². The van der Waals surface area contributed by atoms with Gasteiger partial charge in [0, 0.05) is 64.0 Å². The number of Topliss-reactive ketones (excluding diaryl/α,β-unsaturated/α-hetero) is 2. The van der Waals surface area contributed by atoms with Gasteiger partial charge in [-0.1, -0.05) is 156 Å². The molecule has 6 aliphatic rings. The number of amides is 7. The minimum Gasteiger partial charge on any atom is -0.494 e. The van der Waals surface area contributed by atoms with Crippen LogP contribution in [-0.4, -0.2) is 210 Å². The zero-order chi connectivity index (χ0) is 81.6. The molecule has 7 amide bonds. The van der Waals surface area contributed by atoms with Crippen LogP contribution in [-0.2, 0) is 94.8 Å². The Morgan fingerprint density at radius 3 is 1.65 bits per heavy atom. The van der Waals surface area contributed by atoms with Crippen molar-refractivity contribution in [3.05, 3.63) is 168 Å². The number of likely N-dealkylation sites (N-methyl/N-ethyl adjacent to an activating group) is 2. The highest BCUT2D eigenvalue weighted by Gasteiger charge is 2.49. The molecule has 6 aliphatic heterocycles. The first-order valence-electron chi connectivity index (χ1n) is 38.5. The lowest BCUT2D eigenvalue weighted by Gasteiger charge is -2.36. The third-order valence-electron chi connectivity index (χ3n) is 21.2. The monoisotopic (exact) mass is 1570 g/mol. The second kappa shape index (κ2) is 37.4. The molecule has 604 valence electrons. The summed E-state index contributed by atoms with van der Waals surface area (Å²) in [6, 6.07) is 28.6. The molecule has 0 spiro atoms. The fourth-order valence-electron chi connectivity index (χ4n) is 14.4. The quantitative estimate of drug-likeness (QED) is 0.0571. The summed E-state index contributed by atoms with van der Waals surface area (Å²) in [5.41, 5.74) is 0.952. The Kier molecular flexibility index (Phi) is 28.1. The molecule has 6 aromatic carbocycles. The van der Waals surface area contributed by atoms with Crippen LogP contribution in [0.2, 0.25) is 0 Å². The first kappa shape index (κ1) is 84.9. The Balaban J connectivity index is 0.972. The van der Waals surface area contributed by atoms with Crippen LogP contribution in [0.1, 0.15) is 121 Å². The number of nitrogens with one attached hydrogen (secondary N) is 7. The van der Waals surface area contributed by atoms with Gasteiger partial charge in [0.2, 0.25) is 41.4 Å². The van der Waals surface area contributed by atoms with Crippen molar-refractivity contribution in [2.24, 2.45) is 16.7 Å². The van der Waals surface area contributed by atoms with E-state index >= 15 is 24.0 Å². The number of nitrogens with zero attached hydrogens (tertiary/aromatic N) is 5. The van der Waals surface area contributed by atoms with E-state index in [0.717, 1.165) is 27.8 Å². The predicted molar refractivity (Wildman–Crippen MR) is 425 cm³/mol. The van der Waals surface area contributed by atoms with Gasteiger partial charge in [0.15, 0.2) is 21.4 Å². The maximum Gasteiger partial charge on any atom is 0.326 e. The van der Waals surface area contributed by atoms with E-state index in [9.17, 15) is 37.5 Å². The molecule has 7 heterocycles. The highest BCUT2D eigenvalue weighted by molar-refractivity contribution is 7.91. The van der Waals surface area contributed by atoms with Crippen molar-refractivity contribution < 1.29 is 75.7 Å². The van der Waals surface area contributed by atoms with Crippen LogP contribution in [0.4, 0.5) is 0 Å². The highest BCUT2D eigenvalue weighted by atomic mass is 32.2. The molecule has 10 bridgehead atoms. The molecule has 0 unspecified atom stereocenters. The first-order valence-corrected chi connectivity index (χ1v) is 40.5. The number of aromatic nitrogens is 3. The third-order valence-corrected chi connectivity index (χ3v) is 22.0. The van der Waals surface area contributed by atoms with Gasteiger partial charge < -0.3 is 66.3 Å². The smallest absolute Gasteiger partial charge is 0.326 e. The molecular formula is C84H106N12O16S. The van der Waals surface area contributed by atoms with Crippen LogP contribution >= 0.6 is 0 Å². The number of carbonyl (C=O) groups excluding carboxylic acids is 9. The number of fused-ring (bicyclic) bond motifs is 2. The minimum atomic E-state index is -3.94. The average molecular weight is 1570 g/mol. The zero-order valence-electron chi connectivity index (χ0n) is 66.0. The lowest BCUT2D eigenvalue weighted by molar-refractivity contribution is -0.145. The summed E-state index contributed by atoms with van der Waals surface area (Å²) in [5.74, 6) is -8.14. The van der Waals surface area contributed by atoms with Crippen molar-refractivity contribution in [1.29, 1.82) is 0 Å². The number of aliphatic carboxylic acids is 1. The number of carbonyl (C=O) groups is 10. The SMILES string of the molecule is CN[C@@H](C)C(=O)N[C@H](C(=O)N1C[C@@H]2C[C@H]1C(=O)C[C@@H](Cc1ccc3ccccc3c1)C(=O)N[C@H](C(=O)O)Cc1ccc(cc1)OCc1cn(nn1)[C@H]1C[C@@H](C(=O)N[C@@H](Cc3ccc4ccccc4c3)C(=O)N[C@H](C(=O)CS(C)(=O)=O)Cc3ccc(cc3)OCCCCO2)N(C(=O)[C@@H](NC(=O)[C@H](C)NC)C(C)(C)C)C1)C(C)(C)C. The van der Waals surface area contributed by atoms with Crippen LogP contribution in [0.25, 0.3) is 21.5 Å². The predicted octanol–water partition coefficient (Wildman–Crippen LogP) is 5.74. The number of rotatable bonds is 16. The molecule has 2 fully saturated rings. The van der Waals surface area contributed by atoms with Gasteiger partial charge in [-0.05, 0) is 133 Å². The molecule has 113 heavy (non-hydrogen) atoms. The Morgan fingerprint density at radius 1 is 0.593 bits per heavy atom. The summed E-state index contributed by atoms with van der Waals surface area (Å²) in [6.07, 6.45) is 1.98. The van der Waals surface area contributed by atoms with E-state index in [2.05, 4.69) is 47.5 Å². The highest BCUT2D eigenvalue weighted by Crippen LogP contribution is 2.34. The van der Waals surface area contributed by atoms with Gasteiger partial charge in [0.1, 0.15) is 59.8 Å². The summed E-state index contributed by atoms with van der Waals surface area (Å²) in [6.45, 7) is 14.2. The van der Waals surface area contributed by atoms with Crippen molar-refractivity contribution in [3.8, 4) is 11.5 Å². The molecule has 0 radical (unpaired) electrons. The molecule has 13 rings (SSSR count). The molecule has 28 nitrogen and oxygen atoms in total. The van der Waals surface area contributed by atoms with Gasteiger partial charge in [-0.15, -0.1) is 5.10 Å². The summed E-state index contributed by atoms with van der Waals surface area (Å²) in [4.78, 5) is 149. The second-order valence-electron chi connectivity index (χ2n) is 32.2. The molecule has 2 saturated heterocycles. The summed E-state index contributed by atoms with van der Waals surface area (Å²) in [7, 11) is -0.714. The minimum absolute atomic E-state index is 0.0223. The number of likely N-dealkylation sites (tertiary alicyclic amines) is 2. The van der Waals surface area contributed by atoms with Gasteiger partial charge >= 0.3 is 5.97 Å². The van der Waals surface area contributed by atoms with Crippen molar-refractivity contribution in [3.63, 3.8) is 0 Å². The molecule has 0 saturated carbocycles. The summed E-state index contributed by atoms with van der Waals surface area (Å²) in [5, 5.41) is 43.3. The van der Waals surface area contributed by atoms with Crippen LogP contribution < -0.4 is 46.7 Å². The number of sulfone groups is 1. The molecule has 8 N–H and O–H groups in total. The Bertz CT molecular complexity index is 4710. The van der Waals surface area contributed by atoms with Crippen molar-refractivity contribution in [2.45, 2.75) is 186 Å². The number of hydrogen-bond acceptors (Lipinski definition) is 19. The molecule has 7 aromatic rings. The van der Waals surface area contributed by atoms with Crippen LogP contribution in [0.5, 0.6) is 11.5 Å². The maximum atomic E-state index is 15.4. The fourth-order valence-corrected chi connectivity index (χ4v) is 15.1. The van der Waals surface area contributed by atoms with Gasteiger partial charge in [-0.25, -0.2) is 17.9 Å². The van der Waals surface area contributed by atoms with E-state index in [4.69, 9.17) is 14.2 Å². The van der Waals surface area contributed by atoms with E-state index in [1.165, 1.54) is 14.5 Å². The van der Waals surface area contributed by atoms with Crippen molar-refractivity contribution >= 4 is 90.3 Å². The number of hydrogen-bond donors (Lipinski definition) is 8.